The Labute approximate surface area is 207 Å². The minimum absolute atomic E-state index is 0.0999. The molecule has 0 amide bonds. The third-order valence-corrected chi connectivity index (χ3v) is 8.94. The second-order valence-electron chi connectivity index (χ2n) is 9.61. The van der Waals surface area contributed by atoms with Gasteiger partial charge in [-0.1, -0.05) is 12.5 Å². The molecule has 0 radical (unpaired) electrons. The highest BCUT2D eigenvalue weighted by Crippen LogP contribution is 2.53. The van der Waals surface area contributed by atoms with Gasteiger partial charge in [0.15, 0.2) is 23.1 Å². The predicted octanol–water partition coefficient (Wildman–Crippen LogP) is 4.81. The fraction of sp³-hybridized carbons (Fsp3) is 0.370. The van der Waals surface area contributed by atoms with Crippen LogP contribution < -0.4 is 20.1 Å². The summed E-state index contributed by atoms with van der Waals surface area (Å²) in [6, 6.07) is 8.08. The third kappa shape index (κ3) is 2.94. The highest BCUT2D eigenvalue weighted by molar-refractivity contribution is 7.17. The number of anilines is 1. The molecular weight excluding hydrogens is 460 g/mol. The minimum Gasteiger partial charge on any atom is -0.454 e. The number of ether oxygens (including phenoxy) is 2. The monoisotopic (exact) mass is 484 g/mol. The highest BCUT2D eigenvalue weighted by atomic mass is 32.1. The number of nitriles is 1. The van der Waals surface area contributed by atoms with Crippen LogP contribution in [0.1, 0.15) is 66.0 Å². The summed E-state index contributed by atoms with van der Waals surface area (Å²) in [6.45, 7) is 0.170. The van der Waals surface area contributed by atoms with E-state index < -0.39 is 5.92 Å². The van der Waals surface area contributed by atoms with Crippen LogP contribution in [0.3, 0.4) is 0 Å². The molecular formula is C27H24N4O3S. The van der Waals surface area contributed by atoms with Crippen molar-refractivity contribution in [1.82, 2.24) is 0 Å². The third-order valence-electron chi connectivity index (χ3n) is 7.67. The lowest BCUT2D eigenvalue weighted by molar-refractivity contribution is -0.116. The molecule has 1 aromatic heterocycles. The lowest BCUT2D eigenvalue weighted by atomic mass is 9.75. The molecule has 1 unspecified atom stereocenters. The second-order valence-corrected chi connectivity index (χ2v) is 10.7. The summed E-state index contributed by atoms with van der Waals surface area (Å²) in [7, 11) is 0. The van der Waals surface area contributed by atoms with E-state index in [1.165, 1.54) is 23.3 Å². The number of carbonyl (C=O) groups is 1. The number of carbonyl (C=O) groups excluding carboxylic acids is 1. The predicted molar refractivity (Wildman–Crippen MR) is 133 cm³/mol. The van der Waals surface area contributed by atoms with Crippen molar-refractivity contribution in [3.63, 3.8) is 0 Å². The molecule has 2 aromatic rings. The molecule has 0 spiro atoms. The van der Waals surface area contributed by atoms with Crippen LogP contribution in [0, 0.1) is 11.3 Å². The molecule has 0 fully saturated rings. The Balaban J connectivity index is 1.48. The number of nitrogens with zero attached hydrogens (tertiary/aromatic N) is 3. The van der Waals surface area contributed by atoms with E-state index in [-0.39, 0.29) is 12.6 Å². The summed E-state index contributed by atoms with van der Waals surface area (Å²) in [5, 5.41) is 11.5. The zero-order chi connectivity index (χ0) is 23.7. The van der Waals surface area contributed by atoms with Crippen molar-refractivity contribution in [1.29, 1.82) is 5.26 Å². The summed E-state index contributed by atoms with van der Waals surface area (Å²) in [4.78, 5) is 21.8. The van der Waals surface area contributed by atoms with Gasteiger partial charge >= 0.3 is 0 Å². The molecule has 1 atom stereocenters. The lowest BCUT2D eigenvalue weighted by Gasteiger charge is -2.40. The first-order chi connectivity index (χ1) is 17.2. The van der Waals surface area contributed by atoms with E-state index in [4.69, 9.17) is 20.2 Å². The maximum Gasteiger partial charge on any atom is 0.231 e. The maximum absolute atomic E-state index is 13.5. The number of aliphatic imine (C=N–C) groups is 1. The van der Waals surface area contributed by atoms with Crippen molar-refractivity contribution in [2.45, 2.75) is 57.3 Å². The number of benzene rings is 1. The molecule has 0 saturated carbocycles. The zero-order valence-corrected chi connectivity index (χ0v) is 20.0. The van der Waals surface area contributed by atoms with Crippen LogP contribution in [0.2, 0.25) is 0 Å². The Kier molecular flexibility index (Phi) is 4.58. The van der Waals surface area contributed by atoms with Gasteiger partial charge in [0.05, 0.1) is 23.1 Å². The summed E-state index contributed by atoms with van der Waals surface area (Å²) in [6.07, 6.45) is 7.63. The molecule has 176 valence electrons. The number of aryl methyl sites for hydroxylation is 1. The largest absolute Gasteiger partial charge is 0.454 e. The van der Waals surface area contributed by atoms with Gasteiger partial charge in [0.1, 0.15) is 10.8 Å². The summed E-state index contributed by atoms with van der Waals surface area (Å²) >= 11 is 1.76. The van der Waals surface area contributed by atoms with Gasteiger partial charge in [-0.05, 0) is 61.8 Å². The number of fused-ring (bicyclic) bond motifs is 7. The van der Waals surface area contributed by atoms with Crippen molar-refractivity contribution in [3.05, 3.63) is 62.4 Å². The van der Waals surface area contributed by atoms with E-state index in [0.717, 1.165) is 53.9 Å². The Bertz CT molecular complexity index is 1440. The number of rotatable bonds is 1. The molecule has 4 heterocycles. The average Bonchev–Trinajstić information content (AvgIpc) is 3.41. The van der Waals surface area contributed by atoms with E-state index in [1.54, 1.807) is 11.3 Å². The van der Waals surface area contributed by atoms with Crippen LogP contribution in [-0.4, -0.2) is 18.4 Å². The summed E-state index contributed by atoms with van der Waals surface area (Å²) in [5.74, 6) is 1.95. The molecule has 2 N–H and O–H groups in total. The fourth-order valence-corrected chi connectivity index (χ4v) is 7.54. The molecule has 2 aliphatic carbocycles. The van der Waals surface area contributed by atoms with Crippen molar-refractivity contribution in [2.24, 2.45) is 10.7 Å². The van der Waals surface area contributed by atoms with E-state index >= 15 is 0 Å². The van der Waals surface area contributed by atoms with Gasteiger partial charge in [-0.3, -0.25) is 9.69 Å². The van der Waals surface area contributed by atoms with Gasteiger partial charge in [0.2, 0.25) is 6.79 Å². The molecule has 7 rings (SSSR count). The van der Waals surface area contributed by atoms with Gasteiger partial charge in [0.25, 0.3) is 0 Å². The lowest BCUT2D eigenvalue weighted by Crippen LogP contribution is -2.38. The zero-order valence-electron chi connectivity index (χ0n) is 19.2. The van der Waals surface area contributed by atoms with Crippen molar-refractivity contribution >= 4 is 28.0 Å². The van der Waals surface area contributed by atoms with Gasteiger partial charge < -0.3 is 15.2 Å². The number of amidine groups is 1. The minimum atomic E-state index is -0.501. The second kappa shape index (κ2) is 7.72. The quantitative estimate of drug-likeness (QED) is 0.583. The van der Waals surface area contributed by atoms with Crippen LogP contribution in [0.25, 0.3) is 0 Å². The molecule has 35 heavy (non-hydrogen) atoms. The van der Waals surface area contributed by atoms with Crippen molar-refractivity contribution < 1.29 is 14.3 Å². The first-order valence-corrected chi connectivity index (χ1v) is 13.1. The SMILES string of the molecule is N#CC1=C2N=C(N)c3c(sc4c3CCCCC4)N2C2=C(C(=O)CCC2)C1c1ccc2c(c1)OCO2. The molecule has 8 heteroatoms. The fourth-order valence-electron chi connectivity index (χ4n) is 6.12. The van der Waals surface area contributed by atoms with Crippen LogP contribution in [0.15, 0.2) is 45.9 Å². The maximum atomic E-state index is 13.5. The van der Waals surface area contributed by atoms with Gasteiger partial charge in [-0.2, -0.15) is 5.26 Å². The molecule has 7 nitrogen and oxygen atoms in total. The topological polar surface area (TPSA) is 101 Å². The summed E-state index contributed by atoms with van der Waals surface area (Å²) in [5.41, 5.74) is 11.9. The Hall–Kier alpha value is -3.57. The van der Waals surface area contributed by atoms with Gasteiger partial charge in [0, 0.05) is 22.6 Å². The molecule has 0 bridgehead atoms. The number of nitrogens with two attached hydrogens (primary N) is 1. The number of hydrogen-bond acceptors (Lipinski definition) is 8. The molecule has 5 aliphatic rings. The summed E-state index contributed by atoms with van der Waals surface area (Å²) < 4.78 is 11.1. The van der Waals surface area contributed by atoms with E-state index in [2.05, 4.69) is 11.0 Å². The number of ketones is 1. The van der Waals surface area contributed by atoms with Crippen LogP contribution in [0.5, 0.6) is 11.5 Å². The van der Waals surface area contributed by atoms with Crippen molar-refractivity contribution in [2.75, 3.05) is 11.7 Å². The first-order valence-electron chi connectivity index (χ1n) is 12.2. The van der Waals surface area contributed by atoms with Crippen LogP contribution >= 0.6 is 11.3 Å². The Morgan fingerprint density at radius 3 is 2.83 bits per heavy atom. The Morgan fingerprint density at radius 1 is 1.09 bits per heavy atom. The van der Waals surface area contributed by atoms with Gasteiger partial charge in [-0.15, -0.1) is 11.3 Å². The van der Waals surface area contributed by atoms with Crippen LogP contribution in [0.4, 0.5) is 5.00 Å². The Morgan fingerprint density at radius 2 is 1.94 bits per heavy atom. The molecule has 0 saturated heterocycles. The smallest absolute Gasteiger partial charge is 0.231 e. The number of hydrogen-bond donors (Lipinski definition) is 1. The van der Waals surface area contributed by atoms with Crippen molar-refractivity contribution in [3.8, 4) is 17.6 Å². The van der Waals surface area contributed by atoms with E-state index in [9.17, 15) is 10.1 Å². The average molecular weight is 485 g/mol. The number of thiophene rings is 1. The first kappa shape index (κ1) is 20.8. The van der Waals surface area contributed by atoms with Gasteiger partial charge in [-0.25, -0.2) is 4.99 Å². The van der Waals surface area contributed by atoms with Crippen LogP contribution in [-0.2, 0) is 17.6 Å². The van der Waals surface area contributed by atoms with E-state index in [1.807, 2.05) is 18.2 Å². The highest BCUT2D eigenvalue weighted by Gasteiger charge is 2.44. The number of Topliss-reactive ketones (excluding diaryl/α,β-unsaturated/α-hetero) is 1. The molecule has 1 aromatic carbocycles. The normalized spacial score (nSPS) is 22.6. The standard InChI is InChI=1S/C27H24N4O3S/c28-12-16-22(14-9-10-19-20(11-14)34-13-33-19)24-17(6-4-7-18(24)32)31-26(16)30-25(29)23-15-5-2-1-3-8-21(15)35-27(23)31/h9-11,22H,1-8,13H2,(H2,29,30). The number of allylic oxidation sites excluding steroid dienone is 3. The molecule has 3 aliphatic heterocycles. The van der Waals surface area contributed by atoms with E-state index in [0.29, 0.717) is 40.7 Å².